The molecule has 0 aliphatic heterocycles. The summed E-state index contributed by atoms with van der Waals surface area (Å²) in [7, 11) is 0. The Bertz CT molecular complexity index is 596. The van der Waals surface area contributed by atoms with Gasteiger partial charge in [0.05, 0.1) is 11.6 Å². The van der Waals surface area contributed by atoms with Crippen LogP contribution in [0, 0.1) is 0 Å². The predicted molar refractivity (Wildman–Crippen MR) is 63.1 cm³/mol. The van der Waals surface area contributed by atoms with Crippen LogP contribution in [0.1, 0.15) is 24.4 Å². The zero-order valence-corrected chi connectivity index (χ0v) is 9.85. The van der Waals surface area contributed by atoms with E-state index in [0.717, 1.165) is 25.0 Å². The predicted octanol–water partition coefficient (Wildman–Crippen LogP) is 2.88. The molecule has 1 fully saturated rings. The fraction of sp³-hybridized carbons (Fsp3) is 0.333. The second-order valence-corrected chi connectivity index (χ2v) is 4.57. The number of aromatic nitrogens is 3. The molecule has 1 aromatic heterocycles. The summed E-state index contributed by atoms with van der Waals surface area (Å²) < 4.78 is 39.2. The molecule has 100 valence electrons. The monoisotopic (exact) mass is 268 g/mol. The number of nitrogens with two attached hydrogens (primary N) is 1. The largest absolute Gasteiger partial charge is 0.416 e. The molecular weight excluding hydrogens is 257 g/mol. The van der Waals surface area contributed by atoms with Crippen LogP contribution in [0.2, 0.25) is 0 Å². The molecule has 1 heterocycles. The van der Waals surface area contributed by atoms with Gasteiger partial charge in [0, 0.05) is 5.56 Å². The standard InChI is InChI=1S/C12H11F3N4/c13-12(14,15)8-3-1-7(2-4-8)10-11(16)17-18-19(10)9-5-6-9/h1-4,9H,5-6,16H2. The summed E-state index contributed by atoms with van der Waals surface area (Å²) in [5.74, 6) is 0.242. The Kier molecular flexibility index (Phi) is 2.51. The summed E-state index contributed by atoms with van der Waals surface area (Å²) in [4.78, 5) is 0. The Morgan fingerprint density at radius 2 is 1.79 bits per heavy atom. The van der Waals surface area contributed by atoms with E-state index in [-0.39, 0.29) is 11.9 Å². The van der Waals surface area contributed by atoms with Crippen molar-refractivity contribution < 1.29 is 13.2 Å². The maximum Gasteiger partial charge on any atom is 0.416 e. The minimum absolute atomic E-state index is 0.242. The number of hydrogen-bond acceptors (Lipinski definition) is 3. The fourth-order valence-corrected chi connectivity index (χ4v) is 1.98. The molecule has 0 saturated heterocycles. The summed E-state index contributed by atoms with van der Waals surface area (Å²) in [6.45, 7) is 0. The lowest BCUT2D eigenvalue weighted by Gasteiger charge is -2.09. The maximum absolute atomic E-state index is 12.5. The van der Waals surface area contributed by atoms with Crippen molar-refractivity contribution in [1.29, 1.82) is 0 Å². The molecule has 4 nitrogen and oxygen atoms in total. The van der Waals surface area contributed by atoms with Gasteiger partial charge in [-0.05, 0) is 25.0 Å². The lowest BCUT2D eigenvalue weighted by Crippen LogP contribution is -2.05. The smallest absolute Gasteiger partial charge is 0.380 e. The Labute approximate surface area is 107 Å². The summed E-state index contributed by atoms with van der Waals surface area (Å²) in [5, 5.41) is 7.74. The number of nitrogens with zero attached hydrogens (tertiary/aromatic N) is 3. The van der Waals surface area contributed by atoms with Crippen LogP contribution in [-0.4, -0.2) is 15.0 Å². The van der Waals surface area contributed by atoms with E-state index >= 15 is 0 Å². The van der Waals surface area contributed by atoms with Crippen LogP contribution in [0.4, 0.5) is 19.0 Å². The van der Waals surface area contributed by atoms with Gasteiger partial charge in [0.15, 0.2) is 5.82 Å². The van der Waals surface area contributed by atoms with Crippen molar-refractivity contribution in [2.24, 2.45) is 0 Å². The fourth-order valence-electron chi connectivity index (χ4n) is 1.98. The third-order valence-corrected chi connectivity index (χ3v) is 3.10. The van der Waals surface area contributed by atoms with Gasteiger partial charge >= 0.3 is 6.18 Å². The summed E-state index contributed by atoms with van der Waals surface area (Å²) in [6, 6.07) is 5.15. The van der Waals surface area contributed by atoms with Crippen molar-refractivity contribution >= 4 is 5.82 Å². The molecule has 0 atom stereocenters. The topological polar surface area (TPSA) is 56.7 Å². The molecule has 2 N–H and O–H groups in total. The van der Waals surface area contributed by atoms with Gasteiger partial charge in [-0.1, -0.05) is 17.3 Å². The van der Waals surface area contributed by atoms with E-state index in [1.165, 1.54) is 12.1 Å². The average molecular weight is 268 g/mol. The third kappa shape index (κ3) is 2.16. The van der Waals surface area contributed by atoms with Crippen LogP contribution in [0.5, 0.6) is 0 Å². The van der Waals surface area contributed by atoms with Gasteiger partial charge in [0.25, 0.3) is 0 Å². The van der Waals surface area contributed by atoms with Crippen LogP contribution in [-0.2, 0) is 6.18 Å². The van der Waals surface area contributed by atoms with Crippen LogP contribution in [0.15, 0.2) is 24.3 Å². The van der Waals surface area contributed by atoms with Crippen molar-refractivity contribution in [2.45, 2.75) is 25.1 Å². The molecule has 0 bridgehead atoms. The van der Waals surface area contributed by atoms with Gasteiger partial charge in [-0.15, -0.1) is 5.10 Å². The van der Waals surface area contributed by atoms with Crippen molar-refractivity contribution in [2.75, 3.05) is 5.73 Å². The zero-order valence-electron chi connectivity index (χ0n) is 9.85. The van der Waals surface area contributed by atoms with E-state index in [2.05, 4.69) is 10.3 Å². The summed E-state index contributed by atoms with van der Waals surface area (Å²) in [6.07, 6.45) is -2.34. The Balaban J connectivity index is 2.01. The minimum atomic E-state index is -4.33. The summed E-state index contributed by atoms with van der Waals surface area (Å²) in [5.41, 5.74) is 6.26. The van der Waals surface area contributed by atoms with Gasteiger partial charge in [-0.25, -0.2) is 4.68 Å². The molecular formula is C12H11F3N4. The Morgan fingerprint density at radius 1 is 1.16 bits per heavy atom. The molecule has 3 rings (SSSR count). The molecule has 0 spiro atoms. The maximum atomic E-state index is 12.5. The number of anilines is 1. The molecule has 7 heteroatoms. The van der Waals surface area contributed by atoms with Crippen LogP contribution in [0.25, 0.3) is 11.3 Å². The first-order valence-electron chi connectivity index (χ1n) is 5.85. The quantitative estimate of drug-likeness (QED) is 0.911. The minimum Gasteiger partial charge on any atom is -0.380 e. The molecule has 0 amide bonds. The molecule has 1 aliphatic carbocycles. The number of alkyl halides is 3. The zero-order chi connectivity index (χ0) is 13.6. The number of hydrogen-bond donors (Lipinski definition) is 1. The van der Waals surface area contributed by atoms with Crippen molar-refractivity contribution in [3.63, 3.8) is 0 Å². The first-order chi connectivity index (χ1) is 8.97. The van der Waals surface area contributed by atoms with Crippen molar-refractivity contribution in [3.8, 4) is 11.3 Å². The average Bonchev–Trinajstić information content (AvgIpc) is 3.12. The Morgan fingerprint density at radius 3 is 2.32 bits per heavy atom. The van der Waals surface area contributed by atoms with E-state index in [1.54, 1.807) is 4.68 Å². The number of rotatable bonds is 2. The van der Waals surface area contributed by atoms with Crippen LogP contribution >= 0.6 is 0 Å². The van der Waals surface area contributed by atoms with Gasteiger partial charge in [-0.3, -0.25) is 0 Å². The second-order valence-electron chi connectivity index (χ2n) is 4.57. The Hall–Kier alpha value is -2.05. The van der Waals surface area contributed by atoms with E-state index in [0.29, 0.717) is 11.3 Å². The van der Waals surface area contributed by atoms with Crippen LogP contribution < -0.4 is 5.73 Å². The molecule has 1 aromatic carbocycles. The lowest BCUT2D eigenvalue weighted by molar-refractivity contribution is -0.137. The number of halogens is 3. The lowest BCUT2D eigenvalue weighted by atomic mass is 10.1. The molecule has 0 unspecified atom stereocenters. The van der Waals surface area contributed by atoms with Gasteiger partial charge < -0.3 is 5.73 Å². The number of nitrogen functional groups attached to an aromatic ring is 1. The van der Waals surface area contributed by atoms with E-state index in [9.17, 15) is 13.2 Å². The van der Waals surface area contributed by atoms with Gasteiger partial charge in [0.2, 0.25) is 0 Å². The van der Waals surface area contributed by atoms with E-state index < -0.39 is 11.7 Å². The molecule has 1 saturated carbocycles. The highest BCUT2D eigenvalue weighted by atomic mass is 19.4. The van der Waals surface area contributed by atoms with Gasteiger partial charge in [-0.2, -0.15) is 13.2 Å². The molecule has 1 aliphatic rings. The molecule has 19 heavy (non-hydrogen) atoms. The highest BCUT2D eigenvalue weighted by molar-refractivity contribution is 5.70. The SMILES string of the molecule is Nc1nnn(C2CC2)c1-c1ccc(C(F)(F)F)cc1. The third-order valence-electron chi connectivity index (χ3n) is 3.10. The highest BCUT2D eigenvalue weighted by Gasteiger charge is 2.31. The second kappa shape index (κ2) is 3.97. The van der Waals surface area contributed by atoms with Crippen LogP contribution in [0.3, 0.4) is 0 Å². The van der Waals surface area contributed by atoms with Crippen molar-refractivity contribution in [3.05, 3.63) is 29.8 Å². The normalized spacial score (nSPS) is 15.7. The molecule has 0 radical (unpaired) electrons. The number of benzene rings is 1. The van der Waals surface area contributed by atoms with Crippen molar-refractivity contribution in [1.82, 2.24) is 15.0 Å². The molecule has 2 aromatic rings. The first kappa shape index (κ1) is 12.0. The highest BCUT2D eigenvalue weighted by Crippen LogP contribution is 2.39. The first-order valence-corrected chi connectivity index (χ1v) is 5.85. The van der Waals surface area contributed by atoms with E-state index in [4.69, 9.17) is 5.73 Å². The van der Waals surface area contributed by atoms with E-state index in [1.807, 2.05) is 0 Å². The van der Waals surface area contributed by atoms with Gasteiger partial charge in [0.1, 0.15) is 5.69 Å². The summed E-state index contributed by atoms with van der Waals surface area (Å²) >= 11 is 0.